The van der Waals surface area contributed by atoms with Crippen LogP contribution in [0.1, 0.15) is 41.6 Å². The van der Waals surface area contributed by atoms with Gasteiger partial charge in [0.1, 0.15) is 11.5 Å². The minimum absolute atomic E-state index is 0.0149. The average molecular weight is 495 g/mol. The SMILES string of the molecule is CCOc1ccc(C2C3=C(N=c4sc(=Cc5ccc(OC)cc5)c(=O)n42)c2ccccc2CC3)cc1. The zero-order chi connectivity index (χ0) is 24.6. The van der Waals surface area contributed by atoms with E-state index < -0.39 is 0 Å². The van der Waals surface area contributed by atoms with Crippen LogP contribution < -0.4 is 24.4 Å². The number of thiazole rings is 1. The van der Waals surface area contributed by atoms with Gasteiger partial charge in [-0.1, -0.05) is 59.9 Å². The van der Waals surface area contributed by atoms with Gasteiger partial charge in [-0.3, -0.25) is 9.36 Å². The lowest BCUT2D eigenvalue weighted by atomic mass is 9.83. The Morgan fingerprint density at radius 2 is 1.75 bits per heavy atom. The number of aryl methyl sites for hydroxylation is 1. The van der Waals surface area contributed by atoms with E-state index in [9.17, 15) is 4.79 Å². The Morgan fingerprint density at radius 1 is 1.00 bits per heavy atom. The molecule has 0 saturated carbocycles. The van der Waals surface area contributed by atoms with E-state index >= 15 is 0 Å². The lowest BCUT2D eigenvalue weighted by Gasteiger charge is -2.30. The number of hydrogen-bond donors (Lipinski definition) is 0. The van der Waals surface area contributed by atoms with Gasteiger partial charge in [-0.2, -0.15) is 0 Å². The molecule has 5 nitrogen and oxygen atoms in total. The van der Waals surface area contributed by atoms with E-state index in [1.165, 1.54) is 28.0 Å². The van der Waals surface area contributed by atoms with Gasteiger partial charge in [0.15, 0.2) is 4.80 Å². The van der Waals surface area contributed by atoms with Gasteiger partial charge in [0.05, 0.1) is 30.0 Å². The maximum Gasteiger partial charge on any atom is 0.271 e. The third-order valence-corrected chi connectivity index (χ3v) is 7.78. The molecule has 1 aromatic heterocycles. The lowest BCUT2D eigenvalue weighted by Crippen LogP contribution is -2.38. The summed E-state index contributed by atoms with van der Waals surface area (Å²) < 4.78 is 13.5. The summed E-state index contributed by atoms with van der Waals surface area (Å²) in [4.78, 5) is 19.6. The molecule has 0 spiro atoms. The predicted molar refractivity (Wildman–Crippen MR) is 143 cm³/mol. The Morgan fingerprint density at radius 3 is 2.50 bits per heavy atom. The van der Waals surface area contributed by atoms with Gasteiger partial charge in [-0.05, 0) is 72.4 Å². The molecule has 0 fully saturated rings. The molecule has 2 heterocycles. The maximum atomic E-state index is 13.8. The number of nitrogens with zero attached hydrogens (tertiary/aromatic N) is 2. The van der Waals surface area contributed by atoms with Crippen molar-refractivity contribution >= 4 is 23.1 Å². The van der Waals surface area contributed by atoms with Crippen LogP contribution in [0.5, 0.6) is 11.5 Å². The Labute approximate surface area is 213 Å². The van der Waals surface area contributed by atoms with Gasteiger partial charge in [0, 0.05) is 5.56 Å². The molecule has 2 aliphatic rings. The first kappa shape index (κ1) is 22.6. The highest BCUT2D eigenvalue weighted by Gasteiger charge is 2.32. The summed E-state index contributed by atoms with van der Waals surface area (Å²) in [6, 6.07) is 24.1. The van der Waals surface area contributed by atoms with E-state index in [2.05, 4.69) is 36.4 Å². The fourth-order valence-electron chi connectivity index (χ4n) is 5.09. The second-order valence-electron chi connectivity index (χ2n) is 8.89. The Kier molecular flexibility index (Phi) is 5.82. The molecule has 1 aliphatic carbocycles. The van der Waals surface area contributed by atoms with Gasteiger partial charge in [-0.25, -0.2) is 4.99 Å². The van der Waals surface area contributed by atoms with Crippen molar-refractivity contribution < 1.29 is 9.47 Å². The topological polar surface area (TPSA) is 52.8 Å². The quantitative estimate of drug-likeness (QED) is 0.403. The zero-order valence-electron chi connectivity index (χ0n) is 20.2. The van der Waals surface area contributed by atoms with Crippen molar-refractivity contribution in [2.24, 2.45) is 4.99 Å². The van der Waals surface area contributed by atoms with Crippen molar-refractivity contribution in [2.75, 3.05) is 13.7 Å². The zero-order valence-corrected chi connectivity index (χ0v) is 21.0. The summed E-state index contributed by atoms with van der Waals surface area (Å²) in [5.74, 6) is 1.62. The number of hydrogen-bond acceptors (Lipinski definition) is 5. The van der Waals surface area contributed by atoms with Gasteiger partial charge in [-0.15, -0.1) is 0 Å². The summed E-state index contributed by atoms with van der Waals surface area (Å²) in [7, 11) is 1.65. The van der Waals surface area contributed by atoms with Crippen molar-refractivity contribution in [3.8, 4) is 11.5 Å². The summed E-state index contributed by atoms with van der Waals surface area (Å²) in [6.07, 6.45) is 3.75. The second kappa shape index (κ2) is 9.28. The van der Waals surface area contributed by atoms with Crippen LogP contribution in [0.2, 0.25) is 0 Å². The van der Waals surface area contributed by atoms with Crippen LogP contribution in [-0.4, -0.2) is 18.3 Å². The molecule has 0 radical (unpaired) electrons. The largest absolute Gasteiger partial charge is 0.497 e. The highest BCUT2D eigenvalue weighted by atomic mass is 32.1. The second-order valence-corrected chi connectivity index (χ2v) is 9.90. The molecule has 0 bridgehead atoms. The van der Waals surface area contributed by atoms with Crippen molar-refractivity contribution in [1.82, 2.24) is 4.57 Å². The van der Waals surface area contributed by atoms with Crippen LogP contribution in [0, 0.1) is 0 Å². The normalized spacial score (nSPS) is 16.6. The molecule has 4 aromatic rings. The highest BCUT2D eigenvalue weighted by Crippen LogP contribution is 2.41. The molecular weight excluding hydrogens is 468 g/mol. The van der Waals surface area contributed by atoms with Crippen molar-refractivity contribution in [1.29, 1.82) is 0 Å². The molecule has 0 amide bonds. The number of allylic oxidation sites excluding steroid dienone is 1. The molecule has 36 heavy (non-hydrogen) atoms. The molecule has 0 N–H and O–H groups in total. The van der Waals surface area contributed by atoms with Gasteiger partial charge < -0.3 is 9.47 Å². The number of fused-ring (bicyclic) bond motifs is 3. The van der Waals surface area contributed by atoms with Crippen LogP contribution in [-0.2, 0) is 6.42 Å². The van der Waals surface area contributed by atoms with E-state index in [1.54, 1.807) is 7.11 Å². The first-order valence-electron chi connectivity index (χ1n) is 12.2. The van der Waals surface area contributed by atoms with Gasteiger partial charge in [0.2, 0.25) is 0 Å². The number of methoxy groups -OCH3 is 1. The third-order valence-electron chi connectivity index (χ3n) is 6.79. The molecule has 3 aromatic carbocycles. The Bertz CT molecular complexity index is 1640. The van der Waals surface area contributed by atoms with Crippen LogP contribution >= 0.6 is 11.3 Å². The third kappa shape index (κ3) is 3.88. The van der Waals surface area contributed by atoms with Crippen molar-refractivity contribution in [2.45, 2.75) is 25.8 Å². The molecule has 0 saturated heterocycles. The minimum atomic E-state index is -0.196. The van der Waals surface area contributed by atoms with E-state index in [1.807, 2.05) is 54.0 Å². The van der Waals surface area contributed by atoms with Gasteiger partial charge >= 0.3 is 0 Å². The Hall–Kier alpha value is -3.90. The average Bonchev–Trinajstić information content (AvgIpc) is 3.23. The molecule has 6 heteroatoms. The van der Waals surface area contributed by atoms with E-state index in [0.717, 1.165) is 46.0 Å². The summed E-state index contributed by atoms with van der Waals surface area (Å²) in [6.45, 7) is 2.59. The summed E-state index contributed by atoms with van der Waals surface area (Å²) in [5, 5.41) is 0. The first-order chi connectivity index (χ1) is 17.7. The molecular formula is C30H26N2O3S. The van der Waals surface area contributed by atoms with Crippen LogP contribution in [0.25, 0.3) is 11.8 Å². The lowest BCUT2D eigenvalue weighted by molar-refractivity contribution is 0.340. The first-order valence-corrected chi connectivity index (χ1v) is 13.0. The standard InChI is InChI=1S/C30H26N2O3S/c1-3-35-23-15-10-21(11-16-23)28-25-17-12-20-6-4-5-7-24(20)27(25)31-30-32(28)29(33)26(36-30)18-19-8-13-22(34-2)14-9-19/h4-11,13-16,18,28H,3,12,17H2,1-2H3. The van der Waals surface area contributed by atoms with E-state index in [0.29, 0.717) is 11.1 Å². The molecule has 180 valence electrons. The van der Waals surface area contributed by atoms with Crippen LogP contribution in [0.15, 0.2) is 88.2 Å². The van der Waals surface area contributed by atoms with Crippen molar-refractivity contribution in [3.05, 3.63) is 120 Å². The fourth-order valence-corrected chi connectivity index (χ4v) is 6.09. The number of benzene rings is 3. The number of aromatic nitrogens is 1. The van der Waals surface area contributed by atoms with Crippen molar-refractivity contribution in [3.63, 3.8) is 0 Å². The van der Waals surface area contributed by atoms with Gasteiger partial charge in [0.25, 0.3) is 5.56 Å². The Balaban J connectivity index is 1.55. The van der Waals surface area contributed by atoms with E-state index in [4.69, 9.17) is 14.5 Å². The monoisotopic (exact) mass is 494 g/mol. The molecule has 1 aliphatic heterocycles. The summed E-state index contributed by atoms with van der Waals surface area (Å²) >= 11 is 1.44. The molecule has 1 atom stereocenters. The smallest absolute Gasteiger partial charge is 0.271 e. The molecule has 6 rings (SSSR count). The summed E-state index contributed by atoms with van der Waals surface area (Å²) in [5.41, 5.74) is 6.68. The number of ether oxygens (including phenoxy) is 2. The minimum Gasteiger partial charge on any atom is -0.497 e. The predicted octanol–water partition coefficient (Wildman–Crippen LogP) is 4.73. The van der Waals surface area contributed by atoms with E-state index in [-0.39, 0.29) is 11.6 Å². The maximum absolute atomic E-state index is 13.8. The number of rotatable bonds is 5. The van der Waals surface area contributed by atoms with Crippen LogP contribution in [0.3, 0.4) is 0 Å². The highest BCUT2D eigenvalue weighted by molar-refractivity contribution is 7.07. The molecule has 1 unspecified atom stereocenters. The fraction of sp³-hybridized carbons (Fsp3) is 0.200. The van der Waals surface area contributed by atoms with Crippen LogP contribution in [0.4, 0.5) is 0 Å².